The second-order valence-corrected chi connectivity index (χ2v) is 10.1. The van der Waals surface area contributed by atoms with E-state index < -0.39 is 12.1 Å². The molecule has 0 spiro atoms. The number of likely N-dealkylation sites (N-methyl/N-ethyl adjacent to an activating group) is 2. The van der Waals surface area contributed by atoms with Gasteiger partial charge in [0.25, 0.3) is 5.91 Å². The average molecular weight is 535 g/mol. The van der Waals surface area contributed by atoms with Crippen molar-refractivity contribution in [3.63, 3.8) is 0 Å². The molecule has 0 aromatic heterocycles. The van der Waals surface area contributed by atoms with Crippen molar-refractivity contribution in [1.82, 2.24) is 9.80 Å². The van der Waals surface area contributed by atoms with Gasteiger partial charge >= 0.3 is 6.03 Å². The summed E-state index contributed by atoms with van der Waals surface area (Å²) in [4.78, 5) is 30.7. The van der Waals surface area contributed by atoms with Crippen LogP contribution in [0.4, 0.5) is 16.2 Å². The van der Waals surface area contributed by atoms with Crippen LogP contribution in [0, 0.1) is 0 Å². The van der Waals surface area contributed by atoms with Gasteiger partial charge in [-0.2, -0.15) is 0 Å². The molecule has 0 bridgehead atoms. The van der Waals surface area contributed by atoms with Gasteiger partial charge in [-0.3, -0.25) is 4.79 Å². The van der Waals surface area contributed by atoms with Crippen LogP contribution in [0.25, 0.3) is 0 Å². The first-order chi connectivity index (χ1) is 19.5. The van der Waals surface area contributed by atoms with Gasteiger partial charge < -0.3 is 25.2 Å². The number of hydrogen-bond acceptors (Lipinski definition) is 4. The Bertz CT molecular complexity index is 1390. The van der Waals surface area contributed by atoms with Crippen LogP contribution in [0.5, 0.6) is 5.75 Å². The SMILES string of the molecule is CN1CCC(N(C)C(=O)c2cc(NC(=O)Nc3ccccc3)ccc2OC(c2ccccc2)c2ccccc2)C1. The summed E-state index contributed by atoms with van der Waals surface area (Å²) < 4.78 is 6.64. The number of likely N-dealkylation sites (tertiary alicyclic amines) is 1. The first-order valence-electron chi connectivity index (χ1n) is 13.5. The van der Waals surface area contributed by atoms with Gasteiger partial charge in [-0.25, -0.2) is 4.79 Å². The Morgan fingerprint density at radius 2 is 1.40 bits per heavy atom. The van der Waals surface area contributed by atoms with Crippen LogP contribution in [0.3, 0.4) is 0 Å². The number of ether oxygens (including phenoxy) is 1. The molecule has 1 fully saturated rings. The van der Waals surface area contributed by atoms with Crippen LogP contribution in [-0.2, 0) is 0 Å². The lowest BCUT2D eigenvalue weighted by Crippen LogP contribution is -2.38. The molecule has 7 heteroatoms. The third-order valence-electron chi connectivity index (χ3n) is 7.18. The first kappa shape index (κ1) is 27.0. The van der Waals surface area contributed by atoms with Gasteiger partial charge in [-0.1, -0.05) is 78.9 Å². The maximum absolute atomic E-state index is 13.9. The summed E-state index contributed by atoms with van der Waals surface area (Å²) in [7, 11) is 3.90. The zero-order valence-electron chi connectivity index (χ0n) is 22.8. The smallest absolute Gasteiger partial charge is 0.323 e. The summed E-state index contributed by atoms with van der Waals surface area (Å²) in [5, 5.41) is 5.68. The maximum Gasteiger partial charge on any atom is 0.323 e. The fourth-order valence-corrected chi connectivity index (χ4v) is 4.99. The summed E-state index contributed by atoms with van der Waals surface area (Å²) in [5.74, 6) is 0.303. The van der Waals surface area contributed by atoms with Crippen molar-refractivity contribution in [3.8, 4) is 5.75 Å². The minimum absolute atomic E-state index is 0.0994. The number of nitrogens with zero attached hydrogens (tertiary/aromatic N) is 2. The molecular formula is C33H34N4O3. The molecule has 5 rings (SSSR count). The van der Waals surface area contributed by atoms with Crippen molar-refractivity contribution >= 4 is 23.3 Å². The van der Waals surface area contributed by atoms with E-state index in [0.29, 0.717) is 22.7 Å². The summed E-state index contributed by atoms with van der Waals surface area (Å²) in [6, 6.07) is 34.0. The molecule has 2 N–H and O–H groups in total. The zero-order valence-corrected chi connectivity index (χ0v) is 22.8. The van der Waals surface area contributed by atoms with Crippen molar-refractivity contribution in [2.75, 3.05) is 37.8 Å². The number of urea groups is 1. The Morgan fingerprint density at radius 3 is 1.98 bits per heavy atom. The molecule has 40 heavy (non-hydrogen) atoms. The van der Waals surface area contributed by atoms with E-state index in [4.69, 9.17) is 4.74 Å². The van der Waals surface area contributed by atoms with Gasteiger partial charge in [0.15, 0.2) is 0 Å². The Hall–Kier alpha value is -4.62. The molecular weight excluding hydrogens is 500 g/mol. The van der Waals surface area contributed by atoms with Crippen molar-refractivity contribution in [2.45, 2.75) is 18.6 Å². The molecule has 7 nitrogen and oxygen atoms in total. The monoisotopic (exact) mass is 534 g/mol. The van der Waals surface area contributed by atoms with Gasteiger partial charge in [-0.05, 0) is 61.5 Å². The molecule has 3 amide bonds. The standard InChI is InChI=1S/C33H34N4O3/c1-36-21-20-28(23-36)37(2)32(38)29-22-27(35-33(39)34-26-16-10-5-11-17-26)18-19-30(29)40-31(24-12-6-3-7-13-24)25-14-8-4-9-15-25/h3-19,22,28,31H,20-21,23H2,1-2H3,(H2,34,35,39). The number of rotatable bonds is 8. The first-order valence-corrected chi connectivity index (χ1v) is 13.5. The van der Waals surface area contributed by atoms with Crippen LogP contribution < -0.4 is 15.4 Å². The van der Waals surface area contributed by atoms with Gasteiger partial charge in [-0.15, -0.1) is 0 Å². The second kappa shape index (κ2) is 12.5. The van der Waals surface area contributed by atoms with E-state index in [1.165, 1.54) is 0 Å². The molecule has 4 aromatic rings. The van der Waals surface area contributed by atoms with Gasteiger partial charge in [0.2, 0.25) is 0 Å². The van der Waals surface area contributed by atoms with Crippen LogP contribution in [0.2, 0.25) is 0 Å². The lowest BCUT2D eigenvalue weighted by atomic mass is 10.0. The van der Waals surface area contributed by atoms with E-state index in [0.717, 1.165) is 30.6 Å². The van der Waals surface area contributed by atoms with Crippen molar-refractivity contribution in [2.24, 2.45) is 0 Å². The summed E-state index contributed by atoms with van der Waals surface area (Å²) >= 11 is 0. The number of benzene rings is 4. The summed E-state index contributed by atoms with van der Waals surface area (Å²) in [6.07, 6.45) is 0.486. The van der Waals surface area contributed by atoms with E-state index >= 15 is 0 Å². The van der Waals surface area contributed by atoms with Crippen molar-refractivity contribution in [3.05, 3.63) is 126 Å². The van der Waals surface area contributed by atoms with E-state index in [1.54, 1.807) is 23.1 Å². The molecule has 1 saturated heterocycles. The predicted octanol–water partition coefficient (Wildman–Crippen LogP) is 6.28. The topological polar surface area (TPSA) is 73.9 Å². The fraction of sp³-hybridized carbons (Fsp3) is 0.212. The second-order valence-electron chi connectivity index (χ2n) is 10.1. The minimum Gasteiger partial charge on any atom is -0.480 e. The van der Waals surface area contributed by atoms with Gasteiger partial charge in [0.1, 0.15) is 11.9 Å². The molecule has 1 unspecified atom stereocenters. The molecule has 204 valence electrons. The number of amides is 3. The molecule has 1 heterocycles. The van der Waals surface area contributed by atoms with Crippen LogP contribution in [0.15, 0.2) is 109 Å². The van der Waals surface area contributed by atoms with Crippen LogP contribution in [-0.4, -0.2) is 55.0 Å². The van der Waals surface area contributed by atoms with E-state index in [-0.39, 0.29) is 11.9 Å². The molecule has 1 aliphatic heterocycles. The van der Waals surface area contributed by atoms with Crippen molar-refractivity contribution in [1.29, 1.82) is 0 Å². The average Bonchev–Trinajstić information content (AvgIpc) is 3.43. The fourth-order valence-electron chi connectivity index (χ4n) is 4.99. The summed E-state index contributed by atoms with van der Waals surface area (Å²) in [6.45, 7) is 1.75. The number of carbonyl (C=O) groups excluding carboxylic acids is 2. The van der Waals surface area contributed by atoms with Crippen molar-refractivity contribution < 1.29 is 14.3 Å². The molecule has 4 aromatic carbocycles. The zero-order chi connectivity index (χ0) is 27.9. The lowest BCUT2D eigenvalue weighted by molar-refractivity contribution is 0.0731. The Balaban J connectivity index is 1.47. The lowest BCUT2D eigenvalue weighted by Gasteiger charge is -2.27. The number of carbonyl (C=O) groups is 2. The molecule has 0 saturated carbocycles. The number of para-hydroxylation sites is 1. The van der Waals surface area contributed by atoms with Gasteiger partial charge in [0, 0.05) is 31.0 Å². The van der Waals surface area contributed by atoms with Crippen LogP contribution >= 0.6 is 0 Å². The highest BCUT2D eigenvalue weighted by Crippen LogP contribution is 2.33. The Kier molecular flexibility index (Phi) is 8.42. The summed E-state index contributed by atoms with van der Waals surface area (Å²) in [5.41, 5.74) is 3.52. The highest BCUT2D eigenvalue weighted by atomic mass is 16.5. The molecule has 1 aliphatic rings. The van der Waals surface area contributed by atoms with Crippen LogP contribution in [0.1, 0.15) is 34.0 Å². The number of anilines is 2. The third-order valence-corrected chi connectivity index (χ3v) is 7.18. The predicted molar refractivity (Wildman–Crippen MR) is 159 cm³/mol. The highest BCUT2D eigenvalue weighted by molar-refractivity contribution is 6.02. The highest BCUT2D eigenvalue weighted by Gasteiger charge is 2.29. The quantitative estimate of drug-likeness (QED) is 0.279. The normalized spacial score (nSPS) is 15.0. The Morgan fingerprint density at radius 1 is 0.825 bits per heavy atom. The van der Waals surface area contributed by atoms with E-state index in [1.807, 2.05) is 98.0 Å². The third kappa shape index (κ3) is 6.50. The minimum atomic E-state index is -0.419. The maximum atomic E-state index is 13.9. The molecule has 0 radical (unpaired) electrons. The Labute approximate surface area is 235 Å². The van der Waals surface area contributed by atoms with E-state index in [2.05, 4.69) is 22.6 Å². The van der Waals surface area contributed by atoms with Gasteiger partial charge in [0.05, 0.1) is 5.56 Å². The number of hydrogen-bond donors (Lipinski definition) is 2. The largest absolute Gasteiger partial charge is 0.480 e. The molecule has 1 atom stereocenters. The van der Waals surface area contributed by atoms with E-state index in [9.17, 15) is 9.59 Å². The molecule has 0 aliphatic carbocycles. The number of nitrogens with one attached hydrogen (secondary N) is 2.